The number of alkyl halides is 3. The van der Waals surface area contributed by atoms with Crippen LogP contribution in [0.25, 0.3) is 17.0 Å². The number of carbonyl (C=O) groups excluding carboxylic acids is 1. The van der Waals surface area contributed by atoms with E-state index in [-0.39, 0.29) is 29.7 Å². The van der Waals surface area contributed by atoms with Crippen molar-refractivity contribution in [1.82, 2.24) is 20.4 Å². The molecule has 9 heteroatoms. The zero-order valence-corrected chi connectivity index (χ0v) is 15.3. The highest BCUT2D eigenvalue weighted by Crippen LogP contribution is 2.31. The Morgan fingerprint density at radius 3 is 2.79 bits per heavy atom. The summed E-state index contributed by atoms with van der Waals surface area (Å²) in [5.41, 5.74) is 1.19. The first-order chi connectivity index (χ1) is 13.8. The maximum atomic E-state index is 13.1. The Kier molecular flexibility index (Phi) is 4.57. The molecule has 1 amide bonds. The molecule has 2 aromatic carbocycles. The topological polar surface area (TPSA) is 73.4 Å². The van der Waals surface area contributed by atoms with Crippen molar-refractivity contribution in [3.05, 3.63) is 71.0 Å². The first kappa shape index (κ1) is 18.7. The summed E-state index contributed by atoms with van der Waals surface area (Å²) in [4.78, 5) is 18.0. The van der Waals surface area contributed by atoms with Crippen LogP contribution in [0.3, 0.4) is 0 Å². The zero-order valence-electron chi connectivity index (χ0n) is 15.3. The highest BCUT2D eigenvalue weighted by atomic mass is 19.4. The number of fused-ring (bicyclic) bond motifs is 1. The number of benzene rings is 2. The van der Waals surface area contributed by atoms with Gasteiger partial charge in [-0.05, 0) is 35.4 Å². The standard InChI is InChI=1S/C20H16F3N5O/c1-28-18(29)17(9-12-6-7-16-14(8-12)11-25-27-16)26-19(28)24-10-13-4-2-3-5-15(13)20(21,22)23/h2-9,11H,10H2,1H3,(H,24,26)(H,25,27)/b17-9-. The molecule has 0 unspecified atom stereocenters. The SMILES string of the molecule is CN1C(=O)/C(=C/c2ccc3[nH]ncc3c2)N=C1NCc1ccccc1C(F)(F)F. The molecule has 1 aliphatic heterocycles. The Bertz CT molecular complexity index is 1150. The van der Waals surface area contributed by atoms with E-state index in [0.717, 1.165) is 22.5 Å². The lowest BCUT2D eigenvalue weighted by Crippen LogP contribution is -2.37. The molecule has 3 aromatic rings. The van der Waals surface area contributed by atoms with Crippen molar-refractivity contribution in [3.8, 4) is 0 Å². The monoisotopic (exact) mass is 399 g/mol. The number of halogens is 3. The molecular weight excluding hydrogens is 383 g/mol. The van der Waals surface area contributed by atoms with E-state index >= 15 is 0 Å². The molecule has 0 atom stereocenters. The van der Waals surface area contributed by atoms with Gasteiger partial charge in [-0.2, -0.15) is 18.3 Å². The number of nitrogens with one attached hydrogen (secondary N) is 2. The molecule has 2 heterocycles. The molecule has 6 nitrogen and oxygen atoms in total. The Morgan fingerprint density at radius 1 is 1.21 bits per heavy atom. The van der Waals surface area contributed by atoms with E-state index in [2.05, 4.69) is 20.5 Å². The van der Waals surface area contributed by atoms with Crippen LogP contribution in [0.1, 0.15) is 16.7 Å². The van der Waals surface area contributed by atoms with Gasteiger partial charge < -0.3 is 5.32 Å². The van der Waals surface area contributed by atoms with Crippen molar-refractivity contribution in [2.45, 2.75) is 12.7 Å². The number of hydrogen-bond donors (Lipinski definition) is 2. The predicted octanol–water partition coefficient (Wildman–Crippen LogP) is 3.54. The zero-order chi connectivity index (χ0) is 20.6. The third-order valence-corrected chi connectivity index (χ3v) is 4.60. The van der Waals surface area contributed by atoms with Crippen molar-refractivity contribution >= 4 is 28.8 Å². The van der Waals surface area contributed by atoms with E-state index < -0.39 is 11.7 Å². The molecule has 1 aromatic heterocycles. The molecule has 0 radical (unpaired) electrons. The molecule has 2 N–H and O–H groups in total. The Morgan fingerprint density at radius 2 is 2.00 bits per heavy atom. The van der Waals surface area contributed by atoms with E-state index in [9.17, 15) is 18.0 Å². The van der Waals surface area contributed by atoms with Gasteiger partial charge in [-0.25, -0.2) is 4.99 Å². The molecule has 1 aliphatic rings. The number of aromatic nitrogens is 2. The van der Waals surface area contributed by atoms with E-state index in [4.69, 9.17) is 0 Å². The number of aliphatic imine (C=N–C) groups is 1. The van der Waals surface area contributed by atoms with Crippen LogP contribution in [0, 0.1) is 0 Å². The van der Waals surface area contributed by atoms with Crippen LogP contribution in [0.15, 0.2) is 59.4 Å². The third-order valence-electron chi connectivity index (χ3n) is 4.60. The van der Waals surface area contributed by atoms with Crippen molar-refractivity contribution < 1.29 is 18.0 Å². The molecule has 0 saturated heterocycles. The Hall–Kier alpha value is -3.62. The predicted molar refractivity (Wildman–Crippen MR) is 103 cm³/mol. The molecule has 4 rings (SSSR count). The summed E-state index contributed by atoms with van der Waals surface area (Å²) in [5, 5.41) is 10.5. The van der Waals surface area contributed by atoms with Crippen LogP contribution in [0.4, 0.5) is 13.2 Å². The van der Waals surface area contributed by atoms with E-state index in [1.165, 1.54) is 30.1 Å². The highest BCUT2D eigenvalue weighted by molar-refractivity contribution is 6.13. The number of aromatic amines is 1. The lowest BCUT2D eigenvalue weighted by Gasteiger charge is -2.16. The van der Waals surface area contributed by atoms with Gasteiger partial charge in [0.05, 0.1) is 17.3 Å². The van der Waals surface area contributed by atoms with Gasteiger partial charge in [-0.15, -0.1) is 0 Å². The molecule has 0 bridgehead atoms. The number of hydrogen-bond acceptors (Lipinski definition) is 4. The largest absolute Gasteiger partial charge is 0.416 e. The fourth-order valence-corrected chi connectivity index (χ4v) is 3.09. The van der Waals surface area contributed by atoms with Gasteiger partial charge in [0.2, 0.25) is 5.96 Å². The summed E-state index contributed by atoms with van der Waals surface area (Å²) in [5.74, 6) is -0.147. The molecular formula is C20H16F3N5O. The third kappa shape index (κ3) is 3.71. The van der Waals surface area contributed by atoms with Crippen LogP contribution >= 0.6 is 0 Å². The van der Waals surface area contributed by atoms with Crippen LogP contribution < -0.4 is 5.32 Å². The molecule has 0 spiro atoms. The van der Waals surface area contributed by atoms with Gasteiger partial charge >= 0.3 is 6.18 Å². The van der Waals surface area contributed by atoms with Crippen molar-refractivity contribution in [3.63, 3.8) is 0 Å². The summed E-state index contributed by atoms with van der Waals surface area (Å²) in [6.45, 7) is -0.111. The van der Waals surface area contributed by atoms with Crippen molar-refractivity contribution in [2.24, 2.45) is 4.99 Å². The number of carbonyl (C=O) groups is 1. The summed E-state index contributed by atoms with van der Waals surface area (Å²) in [6, 6.07) is 10.8. The van der Waals surface area contributed by atoms with Crippen LogP contribution in [-0.2, 0) is 17.5 Å². The second kappa shape index (κ2) is 7.08. The molecule has 148 valence electrons. The smallest absolute Gasteiger partial charge is 0.351 e. The average molecular weight is 399 g/mol. The Balaban J connectivity index is 1.56. The Labute approximate surface area is 163 Å². The summed E-state index contributed by atoms with van der Waals surface area (Å²) < 4.78 is 39.4. The summed E-state index contributed by atoms with van der Waals surface area (Å²) in [6.07, 6.45) is -1.15. The number of rotatable bonds is 3. The van der Waals surface area contributed by atoms with E-state index in [1.807, 2.05) is 18.2 Å². The van der Waals surface area contributed by atoms with Crippen LogP contribution in [-0.4, -0.2) is 34.0 Å². The first-order valence-electron chi connectivity index (χ1n) is 8.73. The van der Waals surface area contributed by atoms with Crippen LogP contribution in [0.2, 0.25) is 0 Å². The minimum absolute atomic E-state index is 0.0754. The summed E-state index contributed by atoms with van der Waals surface area (Å²) >= 11 is 0. The number of guanidine groups is 1. The normalized spacial score (nSPS) is 16.0. The first-order valence-corrected chi connectivity index (χ1v) is 8.73. The van der Waals surface area contributed by atoms with E-state index in [1.54, 1.807) is 12.3 Å². The van der Waals surface area contributed by atoms with Gasteiger partial charge in [0.15, 0.2) is 0 Å². The second-order valence-electron chi connectivity index (χ2n) is 6.55. The molecule has 0 saturated carbocycles. The van der Waals surface area contributed by atoms with Crippen molar-refractivity contribution in [1.29, 1.82) is 0 Å². The molecule has 29 heavy (non-hydrogen) atoms. The lowest BCUT2D eigenvalue weighted by atomic mass is 10.1. The number of H-pyrrole nitrogens is 1. The van der Waals surface area contributed by atoms with Crippen LogP contribution in [0.5, 0.6) is 0 Å². The molecule has 0 aliphatic carbocycles. The second-order valence-corrected chi connectivity index (χ2v) is 6.55. The van der Waals surface area contributed by atoms with Gasteiger partial charge in [0.25, 0.3) is 5.91 Å². The van der Waals surface area contributed by atoms with Gasteiger partial charge in [-0.1, -0.05) is 24.3 Å². The van der Waals surface area contributed by atoms with Gasteiger partial charge in [-0.3, -0.25) is 14.8 Å². The number of nitrogens with zero attached hydrogens (tertiary/aromatic N) is 3. The van der Waals surface area contributed by atoms with Crippen molar-refractivity contribution in [2.75, 3.05) is 7.05 Å². The minimum Gasteiger partial charge on any atom is -0.351 e. The quantitative estimate of drug-likeness (QED) is 0.662. The fourth-order valence-electron chi connectivity index (χ4n) is 3.09. The van der Waals surface area contributed by atoms with Gasteiger partial charge in [0.1, 0.15) is 5.70 Å². The minimum atomic E-state index is -4.45. The lowest BCUT2D eigenvalue weighted by molar-refractivity contribution is -0.138. The van der Waals surface area contributed by atoms with Gasteiger partial charge in [0, 0.05) is 19.0 Å². The molecule has 0 fully saturated rings. The average Bonchev–Trinajstić information content (AvgIpc) is 3.26. The number of likely N-dealkylation sites (N-methyl/N-ethyl adjacent to an activating group) is 1. The highest BCUT2D eigenvalue weighted by Gasteiger charge is 2.33. The van der Waals surface area contributed by atoms with E-state index in [0.29, 0.717) is 0 Å². The maximum absolute atomic E-state index is 13.1. The number of amides is 1. The fraction of sp³-hybridized carbons (Fsp3) is 0.150. The maximum Gasteiger partial charge on any atom is 0.416 e. The summed E-state index contributed by atoms with van der Waals surface area (Å²) in [7, 11) is 1.52.